The Morgan fingerprint density at radius 2 is 2.14 bits per heavy atom. The second kappa shape index (κ2) is 7.75. The van der Waals surface area contributed by atoms with Gasteiger partial charge in [-0.3, -0.25) is 0 Å². The minimum Gasteiger partial charge on any atom is -0.475 e. The molecule has 1 fully saturated rings. The van der Waals surface area contributed by atoms with Crippen molar-refractivity contribution in [3.8, 4) is 5.88 Å². The van der Waals surface area contributed by atoms with Gasteiger partial charge in [0.15, 0.2) is 11.5 Å². The van der Waals surface area contributed by atoms with E-state index < -0.39 is 0 Å². The van der Waals surface area contributed by atoms with E-state index in [1.807, 2.05) is 26.0 Å². The molecule has 0 amide bonds. The summed E-state index contributed by atoms with van der Waals surface area (Å²) in [6.45, 7) is 9.39. The smallest absolute Gasteiger partial charge is 0.224 e. The van der Waals surface area contributed by atoms with E-state index in [1.165, 1.54) is 6.33 Å². The third kappa shape index (κ3) is 3.33. The van der Waals surface area contributed by atoms with Gasteiger partial charge in [-0.25, -0.2) is 24.9 Å². The molecule has 1 aliphatic heterocycles. The zero-order valence-corrected chi connectivity index (χ0v) is 16.1. The van der Waals surface area contributed by atoms with E-state index in [-0.39, 0.29) is 6.04 Å². The van der Waals surface area contributed by atoms with Crippen molar-refractivity contribution in [1.29, 1.82) is 0 Å². The fourth-order valence-electron chi connectivity index (χ4n) is 3.61. The first kappa shape index (κ1) is 18.1. The molecule has 8 nitrogen and oxygen atoms in total. The summed E-state index contributed by atoms with van der Waals surface area (Å²) in [5.41, 5.74) is 4.07. The van der Waals surface area contributed by atoms with E-state index >= 15 is 0 Å². The van der Waals surface area contributed by atoms with Crippen LogP contribution in [-0.4, -0.2) is 49.1 Å². The topological polar surface area (TPSA) is 92.7 Å². The lowest BCUT2D eigenvalue weighted by Crippen LogP contribution is -2.35. The molecule has 0 spiro atoms. The van der Waals surface area contributed by atoms with Crippen LogP contribution in [0.15, 0.2) is 31.6 Å². The summed E-state index contributed by atoms with van der Waals surface area (Å²) in [5.74, 6) is 1.43. The number of hydrogen-bond acceptors (Lipinski definition) is 7. The Morgan fingerprint density at radius 3 is 2.96 bits per heavy atom. The van der Waals surface area contributed by atoms with Gasteiger partial charge >= 0.3 is 0 Å². The molecule has 1 unspecified atom stereocenters. The molecule has 0 saturated carbocycles. The second-order valence-electron chi connectivity index (χ2n) is 6.82. The van der Waals surface area contributed by atoms with Crippen molar-refractivity contribution in [3.05, 3.63) is 42.9 Å². The third-order valence-corrected chi connectivity index (χ3v) is 4.86. The molecule has 0 radical (unpaired) electrons. The number of ether oxygens (including phenoxy) is 1. The van der Waals surface area contributed by atoms with Gasteiger partial charge in [0, 0.05) is 6.54 Å². The van der Waals surface area contributed by atoms with Crippen LogP contribution in [0.4, 0.5) is 5.82 Å². The minimum absolute atomic E-state index is 0.194. The molecule has 1 N–H and O–H groups in total. The van der Waals surface area contributed by atoms with Crippen molar-refractivity contribution in [2.75, 3.05) is 18.1 Å². The van der Waals surface area contributed by atoms with Gasteiger partial charge in [-0.15, -0.1) is 0 Å². The lowest BCUT2D eigenvalue weighted by Gasteiger charge is -2.26. The van der Waals surface area contributed by atoms with Crippen molar-refractivity contribution in [3.63, 3.8) is 0 Å². The minimum atomic E-state index is 0.194. The summed E-state index contributed by atoms with van der Waals surface area (Å²) in [4.78, 5) is 27.0. The largest absolute Gasteiger partial charge is 0.475 e. The molecule has 4 heterocycles. The first-order chi connectivity index (χ1) is 13.7. The first-order valence-electron chi connectivity index (χ1n) is 9.36. The molecule has 3 aromatic rings. The fraction of sp³-hybridized carbons (Fsp3) is 0.350. The van der Waals surface area contributed by atoms with E-state index in [9.17, 15) is 0 Å². The maximum absolute atomic E-state index is 6.16. The number of nitrogens with one attached hydrogen (secondary N) is 1. The van der Waals surface area contributed by atoms with Gasteiger partial charge in [-0.05, 0) is 38.3 Å². The molecule has 4 rings (SSSR count). The van der Waals surface area contributed by atoms with Crippen molar-refractivity contribution in [1.82, 2.24) is 29.9 Å². The summed E-state index contributed by atoms with van der Waals surface area (Å²) in [6.07, 6.45) is 10.7. The molecule has 8 heteroatoms. The average molecular weight is 377 g/mol. The van der Waals surface area contributed by atoms with Gasteiger partial charge < -0.3 is 14.6 Å². The molecule has 0 aliphatic carbocycles. The van der Waals surface area contributed by atoms with Gasteiger partial charge in [0.05, 0.1) is 23.6 Å². The standard InChI is InChI=1S/C20H23N7O/c1-4-6-15-16(13(2)3)20(26-10-21-15)28-9-14-7-5-8-27(14)19-17-18(23-11-22-17)24-12-25-19/h4,6,10-12,14H,2,5,7-9H2,1,3H3,(H,22,23,24,25). The van der Waals surface area contributed by atoms with E-state index in [0.29, 0.717) is 18.1 Å². The Labute approximate surface area is 163 Å². The summed E-state index contributed by atoms with van der Waals surface area (Å²) in [6, 6.07) is 0.194. The number of rotatable bonds is 6. The molecule has 0 bridgehead atoms. The van der Waals surface area contributed by atoms with E-state index in [1.54, 1.807) is 12.7 Å². The fourth-order valence-corrected chi connectivity index (χ4v) is 3.61. The van der Waals surface area contributed by atoms with Crippen LogP contribution in [-0.2, 0) is 0 Å². The number of hydrogen-bond donors (Lipinski definition) is 1. The SMILES string of the molecule is C=C(C)c1c(C=CC)ncnc1OCC1CCCN1c1ncnc2nc[nH]c12. The number of aromatic amines is 1. The molecule has 1 aliphatic rings. The predicted octanol–water partition coefficient (Wildman–Crippen LogP) is 3.26. The van der Waals surface area contributed by atoms with Crippen LogP contribution in [0.5, 0.6) is 5.88 Å². The maximum Gasteiger partial charge on any atom is 0.224 e. The van der Waals surface area contributed by atoms with Gasteiger partial charge in [-0.1, -0.05) is 12.7 Å². The molecule has 0 aromatic carbocycles. The molecule has 3 aromatic heterocycles. The molecule has 1 atom stereocenters. The normalized spacial score (nSPS) is 16.9. The second-order valence-corrected chi connectivity index (χ2v) is 6.82. The van der Waals surface area contributed by atoms with Crippen LogP contribution in [0.1, 0.15) is 37.9 Å². The summed E-state index contributed by atoms with van der Waals surface area (Å²) < 4.78 is 6.16. The Kier molecular flexibility index (Phi) is 5.01. The van der Waals surface area contributed by atoms with Crippen LogP contribution in [0.25, 0.3) is 22.8 Å². The highest BCUT2D eigenvalue weighted by Gasteiger charge is 2.29. The third-order valence-electron chi connectivity index (χ3n) is 4.86. The van der Waals surface area contributed by atoms with E-state index in [0.717, 1.165) is 47.6 Å². The molecule has 1 saturated heterocycles. The summed E-state index contributed by atoms with van der Waals surface area (Å²) in [5, 5.41) is 0. The quantitative estimate of drug-likeness (QED) is 0.705. The zero-order valence-electron chi connectivity index (χ0n) is 16.1. The van der Waals surface area contributed by atoms with Crippen LogP contribution in [0, 0.1) is 0 Å². The first-order valence-corrected chi connectivity index (χ1v) is 9.36. The molecular formula is C20H23N7O. The Morgan fingerprint density at radius 1 is 1.29 bits per heavy atom. The maximum atomic E-state index is 6.16. The van der Waals surface area contributed by atoms with Gasteiger partial charge in [0.2, 0.25) is 5.88 Å². The zero-order chi connectivity index (χ0) is 19.5. The van der Waals surface area contributed by atoms with Crippen molar-refractivity contribution < 1.29 is 4.74 Å². The average Bonchev–Trinajstić information content (AvgIpc) is 3.35. The predicted molar refractivity (Wildman–Crippen MR) is 109 cm³/mol. The number of fused-ring (bicyclic) bond motifs is 1. The van der Waals surface area contributed by atoms with Crippen LogP contribution in [0.3, 0.4) is 0 Å². The van der Waals surface area contributed by atoms with E-state index in [2.05, 4.69) is 41.4 Å². The highest BCUT2D eigenvalue weighted by Crippen LogP contribution is 2.30. The van der Waals surface area contributed by atoms with E-state index in [4.69, 9.17) is 4.74 Å². The number of imidazole rings is 1. The summed E-state index contributed by atoms with van der Waals surface area (Å²) >= 11 is 0. The molecule has 28 heavy (non-hydrogen) atoms. The number of allylic oxidation sites excluding steroid dienone is 2. The number of anilines is 1. The van der Waals surface area contributed by atoms with Crippen LogP contribution >= 0.6 is 0 Å². The van der Waals surface area contributed by atoms with Crippen LogP contribution in [0.2, 0.25) is 0 Å². The highest BCUT2D eigenvalue weighted by molar-refractivity contribution is 5.83. The Hall–Kier alpha value is -3.29. The Balaban J connectivity index is 1.58. The monoisotopic (exact) mass is 377 g/mol. The van der Waals surface area contributed by atoms with Crippen molar-refractivity contribution in [2.45, 2.75) is 32.7 Å². The van der Waals surface area contributed by atoms with Gasteiger partial charge in [0.25, 0.3) is 0 Å². The van der Waals surface area contributed by atoms with Gasteiger partial charge in [0.1, 0.15) is 24.8 Å². The molecule has 144 valence electrons. The summed E-state index contributed by atoms with van der Waals surface area (Å²) in [7, 11) is 0. The lowest BCUT2D eigenvalue weighted by molar-refractivity contribution is 0.276. The lowest BCUT2D eigenvalue weighted by atomic mass is 10.1. The van der Waals surface area contributed by atoms with Crippen molar-refractivity contribution in [2.24, 2.45) is 0 Å². The Bertz CT molecular complexity index is 1030. The van der Waals surface area contributed by atoms with Crippen LogP contribution < -0.4 is 9.64 Å². The number of nitrogens with zero attached hydrogens (tertiary/aromatic N) is 6. The molecular weight excluding hydrogens is 354 g/mol. The number of aromatic nitrogens is 6. The van der Waals surface area contributed by atoms with Crippen molar-refractivity contribution >= 4 is 28.6 Å². The highest BCUT2D eigenvalue weighted by atomic mass is 16.5. The van der Waals surface area contributed by atoms with Gasteiger partial charge in [-0.2, -0.15) is 0 Å². The number of H-pyrrole nitrogens is 1.